The van der Waals surface area contributed by atoms with Gasteiger partial charge in [0.1, 0.15) is 0 Å². The van der Waals surface area contributed by atoms with E-state index in [1.807, 2.05) is 12.1 Å². The van der Waals surface area contributed by atoms with Crippen LogP contribution < -0.4 is 5.32 Å². The van der Waals surface area contributed by atoms with Gasteiger partial charge in [-0.05, 0) is 18.6 Å². The minimum Gasteiger partial charge on any atom is -0.389 e. The molecular formula is C12H21N3O2. The molecule has 0 aromatic carbocycles. The Morgan fingerprint density at radius 1 is 1.53 bits per heavy atom. The molecule has 5 heteroatoms. The predicted octanol–water partition coefficient (Wildman–Crippen LogP) is 0.744. The summed E-state index contributed by atoms with van der Waals surface area (Å²) in [6.07, 6.45) is 3.32. The Bertz CT molecular complexity index is 282. The Kier molecular flexibility index (Phi) is 7.46. The van der Waals surface area contributed by atoms with Crippen LogP contribution in [-0.4, -0.2) is 41.2 Å². The summed E-state index contributed by atoms with van der Waals surface area (Å²) >= 11 is 0. The maximum absolute atomic E-state index is 9.60. The van der Waals surface area contributed by atoms with Crippen molar-refractivity contribution in [1.29, 1.82) is 0 Å². The highest BCUT2D eigenvalue weighted by Gasteiger charge is 2.03. The molecule has 0 saturated heterocycles. The molecule has 0 amide bonds. The largest absolute Gasteiger partial charge is 0.389 e. The summed E-state index contributed by atoms with van der Waals surface area (Å²) in [7, 11) is 0. The van der Waals surface area contributed by atoms with Crippen molar-refractivity contribution < 1.29 is 9.84 Å². The number of aliphatic hydroxyl groups excluding tert-OH is 1. The first-order chi connectivity index (χ1) is 8.33. The summed E-state index contributed by atoms with van der Waals surface area (Å²) in [4.78, 5) is 0. The van der Waals surface area contributed by atoms with Gasteiger partial charge in [-0.2, -0.15) is 10.2 Å². The van der Waals surface area contributed by atoms with E-state index in [-0.39, 0.29) is 0 Å². The van der Waals surface area contributed by atoms with E-state index in [0.29, 0.717) is 19.7 Å². The van der Waals surface area contributed by atoms with E-state index in [0.717, 1.165) is 25.1 Å². The number of hydrogen-bond acceptors (Lipinski definition) is 5. The predicted molar refractivity (Wildman–Crippen MR) is 65.5 cm³/mol. The maximum Gasteiger partial charge on any atom is 0.0897 e. The van der Waals surface area contributed by atoms with E-state index in [1.54, 1.807) is 6.20 Å². The van der Waals surface area contributed by atoms with Crippen LogP contribution in [0.25, 0.3) is 0 Å². The zero-order valence-electron chi connectivity index (χ0n) is 10.3. The van der Waals surface area contributed by atoms with Gasteiger partial charge in [-0.3, -0.25) is 0 Å². The molecule has 96 valence electrons. The maximum atomic E-state index is 9.60. The molecule has 1 rings (SSSR count). The molecule has 1 aromatic heterocycles. The second kappa shape index (κ2) is 9.04. The van der Waals surface area contributed by atoms with Crippen LogP contribution in [0.5, 0.6) is 0 Å². The summed E-state index contributed by atoms with van der Waals surface area (Å²) in [5, 5.41) is 20.4. The number of nitrogens with one attached hydrogen (secondary N) is 1. The van der Waals surface area contributed by atoms with Crippen LogP contribution in [-0.2, 0) is 11.3 Å². The molecule has 0 aliphatic heterocycles. The first-order valence-electron chi connectivity index (χ1n) is 6.06. The van der Waals surface area contributed by atoms with Gasteiger partial charge in [-0.25, -0.2) is 0 Å². The Hall–Kier alpha value is -1.04. The van der Waals surface area contributed by atoms with Gasteiger partial charge < -0.3 is 15.2 Å². The number of rotatable bonds is 9. The van der Waals surface area contributed by atoms with Crippen molar-refractivity contribution in [2.75, 3.05) is 19.8 Å². The van der Waals surface area contributed by atoms with E-state index in [2.05, 4.69) is 22.4 Å². The fourth-order valence-corrected chi connectivity index (χ4v) is 1.32. The van der Waals surface area contributed by atoms with E-state index in [9.17, 15) is 5.11 Å². The van der Waals surface area contributed by atoms with E-state index in [4.69, 9.17) is 4.74 Å². The highest BCUT2D eigenvalue weighted by molar-refractivity contribution is 4.98. The first kappa shape index (κ1) is 14.0. The molecule has 0 aliphatic carbocycles. The average Bonchev–Trinajstić information content (AvgIpc) is 2.36. The minimum absolute atomic E-state index is 0.382. The van der Waals surface area contributed by atoms with Crippen LogP contribution in [0.4, 0.5) is 0 Å². The average molecular weight is 239 g/mol. The Morgan fingerprint density at radius 3 is 3.12 bits per heavy atom. The quantitative estimate of drug-likeness (QED) is 0.622. The van der Waals surface area contributed by atoms with Gasteiger partial charge in [0.05, 0.1) is 18.4 Å². The van der Waals surface area contributed by atoms with Crippen molar-refractivity contribution in [2.24, 2.45) is 0 Å². The van der Waals surface area contributed by atoms with Gasteiger partial charge in [0.15, 0.2) is 0 Å². The van der Waals surface area contributed by atoms with Gasteiger partial charge in [-0.15, -0.1) is 0 Å². The van der Waals surface area contributed by atoms with Crippen molar-refractivity contribution in [3.8, 4) is 0 Å². The molecule has 1 unspecified atom stereocenters. The van der Waals surface area contributed by atoms with Crippen molar-refractivity contribution in [2.45, 2.75) is 32.4 Å². The Balaban J connectivity index is 2.02. The lowest BCUT2D eigenvalue weighted by atomic mass is 10.3. The van der Waals surface area contributed by atoms with Crippen molar-refractivity contribution in [1.82, 2.24) is 15.5 Å². The summed E-state index contributed by atoms with van der Waals surface area (Å²) in [5.74, 6) is 0. The molecule has 5 nitrogen and oxygen atoms in total. The molecule has 0 radical (unpaired) electrons. The summed E-state index contributed by atoms with van der Waals surface area (Å²) < 4.78 is 5.32. The summed E-state index contributed by atoms with van der Waals surface area (Å²) in [6.45, 7) is 4.33. The molecular weight excluding hydrogens is 218 g/mol. The third kappa shape index (κ3) is 6.99. The third-order valence-electron chi connectivity index (χ3n) is 2.27. The van der Waals surface area contributed by atoms with Crippen LogP contribution >= 0.6 is 0 Å². The highest BCUT2D eigenvalue weighted by Crippen LogP contribution is 1.92. The van der Waals surface area contributed by atoms with Crippen LogP contribution in [0.3, 0.4) is 0 Å². The Morgan fingerprint density at radius 2 is 2.41 bits per heavy atom. The summed E-state index contributed by atoms with van der Waals surface area (Å²) in [5.41, 5.74) is 0.867. The topological polar surface area (TPSA) is 67.3 Å². The number of ether oxygens (including phenoxy) is 1. The smallest absolute Gasteiger partial charge is 0.0897 e. The molecule has 1 heterocycles. The Labute approximate surface area is 102 Å². The van der Waals surface area contributed by atoms with Crippen LogP contribution in [0.1, 0.15) is 25.5 Å². The molecule has 0 spiro atoms. The van der Waals surface area contributed by atoms with E-state index in [1.165, 1.54) is 0 Å². The van der Waals surface area contributed by atoms with Gasteiger partial charge in [0, 0.05) is 25.9 Å². The SMILES string of the molecule is CCCCOCC(O)CNCc1cccnn1. The molecule has 17 heavy (non-hydrogen) atoms. The number of nitrogens with zero attached hydrogens (tertiary/aromatic N) is 2. The minimum atomic E-state index is -0.469. The number of aromatic nitrogens is 2. The molecule has 1 atom stereocenters. The number of hydrogen-bond donors (Lipinski definition) is 2. The van der Waals surface area contributed by atoms with Crippen LogP contribution in [0, 0.1) is 0 Å². The number of aliphatic hydroxyl groups is 1. The fraction of sp³-hybridized carbons (Fsp3) is 0.667. The molecule has 0 saturated carbocycles. The van der Waals surface area contributed by atoms with Gasteiger partial charge in [0.2, 0.25) is 0 Å². The van der Waals surface area contributed by atoms with Crippen LogP contribution in [0.15, 0.2) is 18.3 Å². The monoisotopic (exact) mass is 239 g/mol. The lowest BCUT2D eigenvalue weighted by molar-refractivity contribution is 0.0357. The zero-order valence-corrected chi connectivity index (χ0v) is 10.3. The molecule has 0 bridgehead atoms. The van der Waals surface area contributed by atoms with Crippen molar-refractivity contribution in [3.63, 3.8) is 0 Å². The fourth-order valence-electron chi connectivity index (χ4n) is 1.32. The number of unbranched alkanes of at least 4 members (excludes halogenated alkanes) is 1. The van der Waals surface area contributed by atoms with Crippen LogP contribution in [0.2, 0.25) is 0 Å². The molecule has 2 N–H and O–H groups in total. The summed E-state index contributed by atoms with van der Waals surface area (Å²) in [6, 6.07) is 3.73. The zero-order chi connectivity index (χ0) is 12.3. The lowest BCUT2D eigenvalue weighted by Crippen LogP contribution is -2.30. The van der Waals surface area contributed by atoms with Gasteiger partial charge in [-0.1, -0.05) is 13.3 Å². The van der Waals surface area contributed by atoms with Crippen molar-refractivity contribution in [3.05, 3.63) is 24.0 Å². The normalized spacial score (nSPS) is 12.6. The highest BCUT2D eigenvalue weighted by atomic mass is 16.5. The van der Waals surface area contributed by atoms with Crippen molar-refractivity contribution >= 4 is 0 Å². The van der Waals surface area contributed by atoms with Gasteiger partial charge in [0.25, 0.3) is 0 Å². The first-order valence-corrected chi connectivity index (χ1v) is 6.06. The second-order valence-corrected chi connectivity index (χ2v) is 3.93. The standard InChI is InChI=1S/C12H21N3O2/c1-2-3-7-17-10-12(16)9-13-8-11-5-4-6-14-15-11/h4-6,12-13,16H,2-3,7-10H2,1H3. The lowest BCUT2D eigenvalue weighted by Gasteiger charge is -2.11. The second-order valence-electron chi connectivity index (χ2n) is 3.93. The molecule has 0 aliphatic rings. The molecule has 1 aromatic rings. The van der Waals surface area contributed by atoms with E-state index < -0.39 is 6.10 Å². The molecule has 0 fully saturated rings. The van der Waals surface area contributed by atoms with E-state index >= 15 is 0 Å². The third-order valence-corrected chi connectivity index (χ3v) is 2.27. The van der Waals surface area contributed by atoms with Gasteiger partial charge >= 0.3 is 0 Å².